The lowest BCUT2D eigenvalue weighted by Gasteiger charge is -2.12. The summed E-state index contributed by atoms with van der Waals surface area (Å²) in [7, 11) is -0.168. The molecule has 4 aromatic rings. The number of benzene rings is 4. The van der Waals surface area contributed by atoms with E-state index in [0.29, 0.717) is 0 Å². The molecule has 0 fully saturated rings. The van der Waals surface area contributed by atoms with Crippen LogP contribution in [-0.4, -0.2) is 23.3 Å². The third-order valence-electron chi connectivity index (χ3n) is 4.96. The Morgan fingerprint density at radius 3 is 1.43 bits per heavy atom. The van der Waals surface area contributed by atoms with Gasteiger partial charge in [0.05, 0.1) is 28.7 Å². The van der Waals surface area contributed by atoms with Crippen LogP contribution in [0.5, 0.6) is 17.2 Å². The summed E-state index contributed by atoms with van der Waals surface area (Å²) in [6.07, 6.45) is 0.355. The molecule has 0 unspecified atom stereocenters. The van der Waals surface area contributed by atoms with Crippen molar-refractivity contribution in [3.05, 3.63) is 109 Å². The van der Waals surface area contributed by atoms with Gasteiger partial charge in [-0.05, 0) is 94.4 Å². The summed E-state index contributed by atoms with van der Waals surface area (Å²) < 4.78 is 11.6. The second-order valence-electron chi connectivity index (χ2n) is 8.70. The maximum Gasteiger partial charge on any atom is 0.335 e. The van der Waals surface area contributed by atoms with Crippen LogP contribution in [0.4, 0.5) is 0 Å². The van der Waals surface area contributed by atoms with Gasteiger partial charge in [0.2, 0.25) is 0 Å². The fraction of sp³-hybridized carbons (Fsp3) is 0.194. The van der Waals surface area contributed by atoms with Gasteiger partial charge in [-0.2, -0.15) is 0 Å². The summed E-state index contributed by atoms with van der Waals surface area (Å²) in [5.74, 6) is 0.192. The number of carboxylic acids is 1. The SMILES string of the molecule is CC(C)Oc1ccc([S+](c2ccccc2)c2ccc(OC(C)C)cc2)cc1.O=C(O)c1ccccc1[O-]. The monoisotopic (exact) mass is 516 g/mol. The van der Waals surface area contributed by atoms with E-state index < -0.39 is 11.7 Å². The van der Waals surface area contributed by atoms with Gasteiger partial charge in [0.25, 0.3) is 0 Å². The van der Waals surface area contributed by atoms with Crippen molar-refractivity contribution in [2.45, 2.75) is 54.6 Å². The Hall–Kier alpha value is -3.90. The van der Waals surface area contributed by atoms with E-state index in [0.717, 1.165) is 11.5 Å². The average molecular weight is 517 g/mol. The van der Waals surface area contributed by atoms with E-state index in [1.165, 1.54) is 39.0 Å². The number of aromatic carboxylic acids is 1. The zero-order chi connectivity index (χ0) is 26.8. The second kappa shape index (κ2) is 13.4. The van der Waals surface area contributed by atoms with Crippen LogP contribution in [0.25, 0.3) is 0 Å². The van der Waals surface area contributed by atoms with Gasteiger partial charge in [-0.1, -0.05) is 42.1 Å². The van der Waals surface area contributed by atoms with Crippen LogP contribution in [-0.2, 0) is 10.9 Å². The van der Waals surface area contributed by atoms with E-state index in [4.69, 9.17) is 14.6 Å². The smallest absolute Gasteiger partial charge is 0.335 e. The van der Waals surface area contributed by atoms with Crippen LogP contribution in [0.2, 0.25) is 0 Å². The summed E-state index contributed by atoms with van der Waals surface area (Å²) >= 11 is 0. The third kappa shape index (κ3) is 8.33. The van der Waals surface area contributed by atoms with E-state index in [1.54, 1.807) is 0 Å². The van der Waals surface area contributed by atoms with Crippen molar-refractivity contribution >= 4 is 16.9 Å². The van der Waals surface area contributed by atoms with Gasteiger partial charge in [-0.25, -0.2) is 4.79 Å². The number of rotatable bonds is 8. The summed E-state index contributed by atoms with van der Waals surface area (Å²) in [5.41, 5.74) is -0.178. The fourth-order valence-electron chi connectivity index (χ4n) is 3.46. The molecule has 1 N–H and O–H groups in total. The molecule has 0 radical (unpaired) electrons. The third-order valence-corrected chi connectivity index (χ3v) is 7.19. The number of hydrogen-bond donors (Lipinski definition) is 1. The van der Waals surface area contributed by atoms with Crippen molar-refractivity contribution in [2.75, 3.05) is 0 Å². The Morgan fingerprint density at radius 1 is 0.649 bits per heavy atom. The largest absolute Gasteiger partial charge is 0.872 e. The minimum atomic E-state index is -1.18. The molecule has 0 saturated carbocycles. The number of carboxylic acid groups (broad SMARTS) is 1. The Balaban J connectivity index is 0.000000319. The van der Waals surface area contributed by atoms with E-state index in [9.17, 15) is 9.90 Å². The van der Waals surface area contributed by atoms with Gasteiger partial charge in [-0.3, -0.25) is 0 Å². The lowest BCUT2D eigenvalue weighted by molar-refractivity contribution is -0.268. The van der Waals surface area contributed by atoms with Gasteiger partial charge < -0.3 is 19.7 Å². The first-order valence-corrected chi connectivity index (χ1v) is 13.3. The quantitative estimate of drug-likeness (QED) is 0.260. The summed E-state index contributed by atoms with van der Waals surface area (Å²) in [6.45, 7) is 8.18. The molecule has 6 heteroatoms. The molecule has 4 rings (SSSR count). The lowest BCUT2D eigenvalue weighted by atomic mass is 10.2. The van der Waals surface area contributed by atoms with Gasteiger partial charge >= 0.3 is 5.97 Å². The molecule has 5 nitrogen and oxygen atoms in total. The highest BCUT2D eigenvalue weighted by Crippen LogP contribution is 2.33. The van der Waals surface area contributed by atoms with Crippen molar-refractivity contribution < 1.29 is 24.5 Å². The normalized spacial score (nSPS) is 10.7. The Labute approximate surface area is 221 Å². The van der Waals surface area contributed by atoms with Crippen molar-refractivity contribution in [3.63, 3.8) is 0 Å². The highest BCUT2D eigenvalue weighted by Gasteiger charge is 2.28. The van der Waals surface area contributed by atoms with Crippen molar-refractivity contribution in [1.29, 1.82) is 0 Å². The fourth-order valence-corrected chi connectivity index (χ4v) is 5.52. The molecule has 0 amide bonds. The molecule has 0 saturated heterocycles. The van der Waals surface area contributed by atoms with Crippen LogP contribution in [0.3, 0.4) is 0 Å². The van der Waals surface area contributed by atoms with Gasteiger partial charge in [-0.15, -0.1) is 0 Å². The number of ether oxygens (including phenoxy) is 2. The first-order valence-electron chi connectivity index (χ1n) is 12.1. The van der Waals surface area contributed by atoms with E-state index in [1.807, 2.05) is 27.7 Å². The molecular weight excluding hydrogens is 484 g/mol. The van der Waals surface area contributed by atoms with Crippen LogP contribution in [0, 0.1) is 0 Å². The minimum Gasteiger partial charge on any atom is -0.872 e. The van der Waals surface area contributed by atoms with Crippen LogP contribution >= 0.6 is 0 Å². The van der Waals surface area contributed by atoms with E-state index in [-0.39, 0.29) is 28.7 Å². The number of carbonyl (C=O) groups is 1. The molecule has 192 valence electrons. The van der Waals surface area contributed by atoms with Gasteiger partial charge in [0.1, 0.15) is 11.5 Å². The maximum absolute atomic E-state index is 10.7. The zero-order valence-corrected chi connectivity index (χ0v) is 22.3. The predicted molar refractivity (Wildman–Crippen MR) is 146 cm³/mol. The Bertz CT molecular complexity index is 1200. The molecule has 4 aromatic carbocycles. The van der Waals surface area contributed by atoms with E-state index >= 15 is 0 Å². The van der Waals surface area contributed by atoms with Crippen molar-refractivity contribution in [2.24, 2.45) is 0 Å². The zero-order valence-electron chi connectivity index (χ0n) is 21.5. The van der Waals surface area contributed by atoms with Crippen LogP contribution < -0.4 is 14.6 Å². The average Bonchev–Trinajstić information content (AvgIpc) is 2.87. The molecule has 0 aromatic heterocycles. The summed E-state index contributed by atoms with van der Waals surface area (Å²) in [5, 5.41) is 19.0. The number of hydrogen-bond acceptors (Lipinski definition) is 4. The standard InChI is InChI=1S/C24H27O2S.C7H6O3/c1-18(2)25-20-10-14-23(15-11-20)27(22-8-6-5-7-9-22)24-16-12-21(13-17-24)26-19(3)4;8-6-4-2-1-3-5(6)7(9)10/h5-19H,1-4H3;1-4,8H,(H,9,10)/q+1;/p-1. The summed E-state index contributed by atoms with van der Waals surface area (Å²) in [6, 6.07) is 33.1. The molecule has 0 bridgehead atoms. The van der Waals surface area contributed by atoms with Gasteiger partial charge in [0.15, 0.2) is 14.7 Å². The minimum absolute atomic E-state index is 0.168. The first kappa shape index (κ1) is 27.7. The van der Waals surface area contributed by atoms with Gasteiger partial charge in [0, 0.05) is 0 Å². The second-order valence-corrected chi connectivity index (χ2v) is 10.7. The number of para-hydroxylation sites is 1. The molecule has 0 aliphatic heterocycles. The highest BCUT2D eigenvalue weighted by molar-refractivity contribution is 7.97. The topological polar surface area (TPSA) is 78.8 Å². The predicted octanol–water partition coefficient (Wildman–Crippen LogP) is 6.81. The molecule has 0 heterocycles. The first-order chi connectivity index (χ1) is 17.7. The Morgan fingerprint density at radius 2 is 1.05 bits per heavy atom. The molecular formula is C31H32O5S. The highest BCUT2D eigenvalue weighted by atomic mass is 32.2. The van der Waals surface area contributed by atoms with E-state index in [2.05, 4.69) is 78.9 Å². The molecule has 0 aliphatic rings. The maximum atomic E-state index is 10.7. The van der Waals surface area contributed by atoms with Crippen LogP contribution in [0.1, 0.15) is 38.1 Å². The molecule has 37 heavy (non-hydrogen) atoms. The Kier molecular flexibility index (Phi) is 10.0. The van der Waals surface area contributed by atoms with Crippen LogP contribution in [0.15, 0.2) is 118 Å². The van der Waals surface area contributed by atoms with Crippen molar-refractivity contribution in [1.82, 2.24) is 0 Å². The molecule has 0 spiro atoms. The molecule has 0 aliphatic carbocycles. The summed E-state index contributed by atoms with van der Waals surface area (Å²) in [4.78, 5) is 14.1. The van der Waals surface area contributed by atoms with Crippen molar-refractivity contribution in [3.8, 4) is 17.2 Å². The lowest BCUT2D eigenvalue weighted by Crippen LogP contribution is -2.08. The molecule has 0 atom stereocenters.